The minimum Gasteiger partial charge on any atom is -0.496 e. The van der Waals surface area contributed by atoms with E-state index < -0.39 is 12.1 Å². The highest BCUT2D eigenvalue weighted by Gasteiger charge is 2.27. The third kappa shape index (κ3) is 3.48. The van der Waals surface area contributed by atoms with Crippen molar-refractivity contribution >= 4 is 17.2 Å². The molecule has 1 atom stereocenters. The highest BCUT2D eigenvalue weighted by Crippen LogP contribution is 2.43. The molecule has 4 rings (SSSR count). The number of nitrogens with one attached hydrogen (secondary N) is 1. The van der Waals surface area contributed by atoms with Gasteiger partial charge in [-0.1, -0.05) is 54.6 Å². The highest BCUT2D eigenvalue weighted by atomic mass is 16.5. The molecule has 0 fully saturated rings. The summed E-state index contributed by atoms with van der Waals surface area (Å²) in [4.78, 5) is 12.1. The second kappa shape index (κ2) is 7.81. The predicted octanol–water partition coefficient (Wildman–Crippen LogP) is 4.48. The Bertz CT molecular complexity index is 1090. The molecule has 3 aromatic carbocycles. The van der Waals surface area contributed by atoms with Crippen LogP contribution in [0.2, 0.25) is 0 Å². The van der Waals surface area contributed by atoms with Crippen molar-refractivity contribution in [3.8, 4) is 5.75 Å². The molecule has 0 bridgehead atoms. The van der Waals surface area contributed by atoms with Crippen LogP contribution in [0.4, 0.5) is 5.69 Å². The normalized spacial score (nSPS) is 14.8. The standard InChI is InChI=1S/C24H21NO4/c1-29-21-12-11-18(19-13-20(26)17-10-6-5-9-16(17)19)23(22(21)24(27)28)25-14-15-7-3-2-4-8-15/h2-13,20,25-26H,14H2,1H3,(H,27,28). The van der Waals surface area contributed by atoms with E-state index in [1.165, 1.54) is 7.11 Å². The van der Waals surface area contributed by atoms with Crippen molar-refractivity contribution in [2.45, 2.75) is 12.6 Å². The fraction of sp³-hybridized carbons (Fsp3) is 0.125. The van der Waals surface area contributed by atoms with Crippen molar-refractivity contribution in [3.63, 3.8) is 0 Å². The lowest BCUT2D eigenvalue weighted by Crippen LogP contribution is -2.11. The molecule has 1 aliphatic carbocycles. The number of aliphatic hydroxyl groups is 1. The Kier molecular flexibility index (Phi) is 5.06. The van der Waals surface area contributed by atoms with Gasteiger partial charge in [0.1, 0.15) is 11.3 Å². The van der Waals surface area contributed by atoms with Gasteiger partial charge in [-0.25, -0.2) is 4.79 Å². The zero-order chi connectivity index (χ0) is 20.4. The number of carboxylic acids is 1. The molecule has 0 saturated carbocycles. The van der Waals surface area contributed by atoms with Gasteiger partial charge in [-0.15, -0.1) is 0 Å². The van der Waals surface area contributed by atoms with Crippen LogP contribution in [0.5, 0.6) is 5.75 Å². The number of carboxylic acid groups (broad SMARTS) is 1. The fourth-order valence-electron chi connectivity index (χ4n) is 3.73. The van der Waals surface area contributed by atoms with Gasteiger partial charge in [0, 0.05) is 12.1 Å². The van der Waals surface area contributed by atoms with Gasteiger partial charge in [0.25, 0.3) is 0 Å². The first kappa shape index (κ1) is 18.8. The first-order valence-corrected chi connectivity index (χ1v) is 9.31. The van der Waals surface area contributed by atoms with Crippen LogP contribution in [0.1, 0.15) is 38.7 Å². The third-order valence-corrected chi connectivity index (χ3v) is 5.10. The Labute approximate surface area is 168 Å². The first-order valence-electron chi connectivity index (χ1n) is 9.31. The number of fused-ring (bicyclic) bond motifs is 1. The van der Waals surface area contributed by atoms with Crippen molar-refractivity contribution in [1.82, 2.24) is 0 Å². The van der Waals surface area contributed by atoms with Crippen LogP contribution in [-0.4, -0.2) is 23.3 Å². The Morgan fingerprint density at radius 3 is 2.45 bits per heavy atom. The smallest absolute Gasteiger partial charge is 0.341 e. The molecule has 5 heteroatoms. The van der Waals surface area contributed by atoms with Crippen LogP contribution in [0.25, 0.3) is 5.57 Å². The number of rotatable bonds is 6. The average molecular weight is 387 g/mol. The molecule has 3 aromatic rings. The molecule has 0 saturated heterocycles. The summed E-state index contributed by atoms with van der Waals surface area (Å²) < 4.78 is 5.32. The zero-order valence-corrected chi connectivity index (χ0v) is 15.9. The number of carbonyl (C=O) groups is 1. The predicted molar refractivity (Wildman–Crippen MR) is 112 cm³/mol. The van der Waals surface area contributed by atoms with Gasteiger partial charge in [-0.05, 0) is 40.5 Å². The van der Waals surface area contributed by atoms with E-state index in [0.29, 0.717) is 17.8 Å². The summed E-state index contributed by atoms with van der Waals surface area (Å²) in [5.74, 6) is -0.795. The lowest BCUT2D eigenvalue weighted by Gasteiger charge is -2.19. The Balaban J connectivity index is 1.85. The number of methoxy groups -OCH3 is 1. The minimum absolute atomic E-state index is 0.0701. The molecule has 3 N–H and O–H groups in total. The Hall–Kier alpha value is -3.57. The van der Waals surface area contributed by atoms with Crippen LogP contribution >= 0.6 is 0 Å². The minimum atomic E-state index is -1.08. The molecule has 0 aromatic heterocycles. The van der Waals surface area contributed by atoms with E-state index >= 15 is 0 Å². The maximum atomic E-state index is 12.1. The van der Waals surface area contributed by atoms with Gasteiger partial charge in [-0.2, -0.15) is 0 Å². The van der Waals surface area contributed by atoms with Crippen molar-refractivity contribution < 1.29 is 19.7 Å². The molecular weight excluding hydrogens is 366 g/mol. The summed E-state index contributed by atoms with van der Waals surface area (Å²) in [7, 11) is 1.45. The van der Waals surface area contributed by atoms with Crippen LogP contribution < -0.4 is 10.1 Å². The van der Waals surface area contributed by atoms with Gasteiger partial charge in [0.05, 0.1) is 18.9 Å². The summed E-state index contributed by atoms with van der Waals surface area (Å²) in [6.07, 6.45) is 1.03. The number of aliphatic hydroxyl groups excluding tert-OH is 1. The SMILES string of the molecule is COc1ccc(C2=CC(O)c3ccccc32)c(NCc2ccccc2)c1C(=O)O. The molecule has 1 unspecified atom stereocenters. The maximum Gasteiger partial charge on any atom is 0.341 e. The van der Waals surface area contributed by atoms with Crippen molar-refractivity contribution in [2.75, 3.05) is 12.4 Å². The van der Waals surface area contributed by atoms with Crippen molar-refractivity contribution in [3.05, 3.63) is 101 Å². The summed E-state index contributed by atoms with van der Waals surface area (Å²) in [5.41, 5.74) is 4.78. The Morgan fingerprint density at radius 2 is 1.72 bits per heavy atom. The van der Waals surface area contributed by atoms with Crippen molar-refractivity contribution in [1.29, 1.82) is 0 Å². The lowest BCUT2D eigenvalue weighted by molar-refractivity contribution is 0.0694. The molecule has 0 radical (unpaired) electrons. The van der Waals surface area contributed by atoms with Gasteiger partial charge < -0.3 is 20.3 Å². The van der Waals surface area contributed by atoms with E-state index in [9.17, 15) is 15.0 Å². The molecule has 0 amide bonds. The quantitative estimate of drug-likeness (QED) is 0.581. The average Bonchev–Trinajstić information content (AvgIpc) is 3.08. The van der Waals surface area contributed by atoms with Gasteiger partial charge in [0.2, 0.25) is 0 Å². The number of anilines is 1. The molecule has 0 spiro atoms. The van der Waals surface area contributed by atoms with E-state index in [2.05, 4.69) is 5.32 Å². The number of hydrogen-bond acceptors (Lipinski definition) is 4. The number of ether oxygens (including phenoxy) is 1. The van der Waals surface area contributed by atoms with Crippen LogP contribution in [0.3, 0.4) is 0 Å². The van der Waals surface area contributed by atoms with Crippen LogP contribution in [0, 0.1) is 0 Å². The molecule has 146 valence electrons. The molecule has 0 aliphatic heterocycles. The van der Waals surface area contributed by atoms with Crippen molar-refractivity contribution in [2.24, 2.45) is 0 Å². The van der Waals surface area contributed by atoms with Gasteiger partial charge in [0.15, 0.2) is 0 Å². The summed E-state index contributed by atoms with van der Waals surface area (Å²) in [6, 6.07) is 20.8. The van der Waals surface area contributed by atoms with E-state index in [1.54, 1.807) is 12.1 Å². The summed E-state index contributed by atoms with van der Waals surface area (Å²) in [5, 5.41) is 23.6. The maximum absolute atomic E-state index is 12.1. The monoisotopic (exact) mass is 387 g/mol. The fourth-order valence-corrected chi connectivity index (χ4v) is 3.73. The van der Waals surface area contributed by atoms with E-state index in [-0.39, 0.29) is 11.3 Å². The van der Waals surface area contributed by atoms with E-state index in [4.69, 9.17) is 4.74 Å². The molecule has 29 heavy (non-hydrogen) atoms. The highest BCUT2D eigenvalue weighted by molar-refractivity contribution is 6.03. The van der Waals surface area contributed by atoms with Crippen LogP contribution in [0.15, 0.2) is 72.8 Å². The Morgan fingerprint density at radius 1 is 1.00 bits per heavy atom. The lowest BCUT2D eigenvalue weighted by atomic mass is 9.94. The molecule has 1 aliphatic rings. The second-order valence-electron chi connectivity index (χ2n) is 6.82. The summed E-state index contributed by atoms with van der Waals surface area (Å²) >= 11 is 0. The van der Waals surface area contributed by atoms with E-state index in [1.807, 2.05) is 60.7 Å². The third-order valence-electron chi connectivity index (χ3n) is 5.10. The van der Waals surface area contributed by atoms with E-state index in [0.717, 1.165) is 22.3 Å². The largest absolute Gasteiger partial charge is 0.496 e. The molecule has 5 nitrogen and oxygen atoms in total. The summed E-state index contributed by atoms with van der Waals surface area (Å²) in [6.45, 7) is 0.457. The second-order valence-corrected chi connectivity index (χ2v) is 6.82. The van der Waals surface area contributed by atoms with Crippen LogP contribution in [-0.2, 0) is 6.54 Å². The zero-order valence-electron chi connectivity index (χ0n) is 15.9. The molecule has 0 heterocycles. The topological polar surface area (TPSA) is 78.8 Å². The van der Waals surface area contributed by atoms with Gasteiger partial charge >= 0.3 is 5.97 Å². The molecular formula is C24H21NO4. The number of hydrogen-bond donors (Lipinski definition) is 3. The number of benzene rings is 3. The number of aromatic carboxylic acids is 1. The van der Waals surface area contributed by atoms with Gasteiger partial charge in [-0.3, -0.25) is 0 Å². The first-order chi connectivity index (χ1) is 14.1.